The van der Waals surface area contributed by atoms with Gasteiger partial charge in [-0.3, -0.25) is 14.4 Å². The maximum atomic E-state index is 12.0. The van der Waals surface area contributed by atoms with Gasteiger partial charge in [0.1, 0.15) is 6.04 Å². The molecular weight excluding hydrogens is 234 g/mol. The lowest BCUT2D eigenvalue weighted by Gasteiger charge is -2.24. The Hall–Kier alpha value is -1.59. The van der Waals surface area contributed by atoms with Gasteiger partial charge in [0.05, 0.1) is 5.92 Å². The van der Waals surface area contributed by atoms with Gasteiger partial charge >= 0.3 is 0 Å². The van der Waals surface area contributed by atoms with Crippen molar-refractivity contribution >= 4 is 17.7 Å². The summed E-state index contributed by atoms with van der Waals surface area (Å²) in [5, 5.41) is 8.25. The average Bonchev–Trinajstić information content (AvgIpc) is 2.56. The lowest BCUT2D eigenvalue weighted by atomic mass is 9.97. The normalized spacial score (nSPS) is 28.9. The molecule has 18 heavy (non-hydrogen) atoms. The van der Waals surface area contributed by atoms with Gasteiger partial charge < -0.3 is 16.0 Å². The monoisotopic (exact) mass is 253 g/mol. The third kappa shape index (κ3) is 3.21. The number of amides is 3. The van der Waals surface area contributed by atoms with Crippen molar-refractivity contribution in [2.24, 2.45) is 5.92 Å². The molecule has 0 aromatic heterocycles. The molecule has 6 heteroatoms. The Bertz CT molecular complexity index is 346. The number of rotatable bonds is 2. The van der Waals surface area contributed by atoms with Gasteiger partial charge in [-0.25, -0.2) is 0 Å². The van der Waals surface area contributed by atoms with Crippen LogP contribution in [0.25, 0.3) is 0 Å². The molecule has 2 rings (SSSR count). The van der Waals surface area contributed by atoms with E-state index in [9.17, 15) is 14.4 Å². The van der Waals surface area contributed by atoms with Crippen molar-refractivity contribution in [1.82, 2.24) is 16.0 Å². The average molecular weight is 253 g/mol. The zero-order valence-electron chi connectivity index (χ0n) is 10.3. The molecule has 2 aliphatic rings. The minimum atomic E-state index is -0.419. The van der Waals surface area contributed by atoms with Crippen molar-refractivity contribution in [1.29, 1.82) is 0 Å². The Labute approximate surface area is 106 Å². The lowest BCUT2D eigenvalue weighted by Crippen LogP contribution is -2.50. The molecule has 0 aromatic carbocycles. The standard InChI is InChI=1S/C12H19N3O3/c16-10-5-4-8(7-14-10)11(17)15-9-3-1-2-6-13-12(9)18/h8-9H,1-7H2,(H,13,18)(H,14,16)(H,15,17). The summed E-state index contributed by atoms with van der Waals surface area (Å²) in [7, 11) is 0. The molecule has 2 atom stereocenters. The number of hydrogen-bond acceptors (Lipinski definition) is 3. The van der Waals surface area contributed by atoms with Crippen LogP contribution in [0.4, 0.5) is 0 Å². The lowest BCUT2D eigenvalue weighted by molar-refractivity contribution is -0.133. The van der Waals surface area contributed by atoms with Crippen LogP contribution in [0.5, 0.6) is 0 Å². The van der Waals surface area contributed by atoms with Crippen LogP contribution in [0.15, 0.2) is 0 Å². The van der Waals surface area contributed by atoms with E-state index in [1.165, 1.54) is 0 Å². The van der Waals surface area contributed by atoms with Crippen molar-refractivity contribution in [3.63, 3.8) is 0 Å². The molecular formula is C12H19N3O3. The molecule has 0 aliphatic carbocycles. The number of hydrogen-bond donors (Lipinski definition) is 3. The van der Waals surface area contributed by atoms with Gasteiger partial charge in [0, 0.05) is 19.5 Å². The number of nitrogens with one attached hydrogen (secondary N) is 3. The molecule has 3 amide bonds. The zero-order valence-corrected chi connectivity index (χ0v) is 10.3. The van der Waals surface area contributed by atoms with E-state index < -0.39 is 6.04 Å². The highest BCUT2D eigenvalue weighted by Crippen LogP contribution is 2.12. The first kappa shape index (κ1) is 12.9. The second kappa shape index (κ2) is 5.84. The fourth-order valence-corrected chi connectivity index (χ4v) is 2.32. The minimum absolute atomic E-state index is 0.00809. The van der Waals surface area contributed by atoms with Crippen LogP contribution in [0.1, 0.15) is 32.1 Å². The minimum Gasteiger partial charge on any atom is -0.355 e. The predicted molar refractivity (Wildman–Crippen MR) is 64.5 cm³/mol. The number of carbonyl (C=O) groups is 3. The largest absolute Gasteiger partial charge is 0.355 e. The number of carbonyl (C=O) groups excluding carboxylic acids is 3. The molecule has 0 saturated carbocycles. The fourth-order valence-electron chi connectivity index (χ4n) is 2.32. The van der Waals surface area contributed by atoms with Gasteiger partial charge in [-0.2, -0.15) is 0 Å². The van der Waals surface area contributed by atoms with Crippen molar-refractivity contribution in [2.75, 3.05) is 13.1 Å². The van der Waals surface area contributed by atoms with E-state index in [1.807, 2.05) is 0 Å². The summed E-state index contributed by atoms with van der Waals surface area (Å²) in [6.07, 6.45) is 3.53. The highest BCUT2D eigenvalue weighted by atomic mass is 16.2. The highest BCUT2D eigenvalue weighted by Gasteiger charge is 2.28. The Morgan fingerprint density at radius 2 is 2.00 bits per heavy atom. The molecule has 2 aliphatic heterocycles. The van der Waals surface area contributed by atoms with E-state index >= 15 is 0 Å². The van der Waals surface area contributed by atoms with E-state index in [2.05, 4.69) is 16.0 Å². The van der Waals surface area contributed by atoms with Gasteiger partial charge in [-0.05, 0) is 25.7 Å². The summed E-state index contributed by atoms with van der Waals surface area (Å²) in [5.74, 6) is -0.442. The van der Waals surface area contributed by atoms with E-state index in [-0.39, 0.29) is 23.6 Å². The third-order valence-corrected chi connectivity index (χ3v) is 3.49. The van der Waals surface area contributed by atoms with Crippen molar-refractivity contribution in [2.45, 2.75) is 38.1 Å². The smallest absolute Gasteiger partial charge is 0.242 e. The Balaban J connectivity index is 1.85. The maximum Gasteiger partial charge on any atom is 0.242 e. The maximum absolute atomic E-state index is 12.0. The van der Waals surface area contributed by atoms with Crippen molar-refractivity contribution < 1.29 is 14.4 Å². The molecule has 0 aromatic rings. The summed E-state index contributed by atoms with van der Waals surface area (Å²) in [6.45, 7) is 1.06. The van der Waals surface area contributed by atoms with Crippen LogP contribution in [-0.2, 0) is 14.4 Å². The van der Waals surface area contributed by atoms with E-state index in [1.54, 1.807) is 0 Å². The Morgan fingerprint density at radius 3 is 2.72 bits per heavy atom. The van der Waals surface area contributed by atoms with Crippen LogP contribution in [-0.4, -0.2) is 36.9 Å². The first-order valence-corrected chi connectivity index (χ1v) is 6.51. The fraction of sp³-hybridized carbons (Fsp3) is 0.750. The van der Waals surface area contributed by atoms with E-state index in [0.29, 0.717) is 32.4 Å². The van der Waals surface area contributed by atoms with E-state index in [4.69, 9.17) is 0 Å². The summed E-state index contributed by atoms with van der Waals surface area (Å²) >= 11 is 0. The van der Waals surface area contributed by atoms with Gasteiger partial charge in [0.15, 0.2) is 0 Å². The topological polar surface area (TPSA) is 87.3 Å². The van der Waals surface area contributed by atoms with Crippen molar-refractivity contribution in [3.05, 3.63) is 0 Å². The molecule has 0 bridgehead atoms. The summed E-state index contributed by atoms with van der Waals surface area (Å²) in [4.78, 5) is 34.7. The van der Waals surface area contributed by atoms with E-state index in [0.717, 1.165) is 12.8 Å². The van der Waals surface area contributed by atoms with Gasteiger partial charge in [-0.1, -0.05) is 0 Å². The molecule has 2 heterocycles. The molecule has 6 nitrogen and oxygen atoms in total. The molecule has 2 unspecified atom stereocenters. The van der Waals surface area contributed by atoms with Crippen LogP contribution < -0.4 is 16.0 Å². The summed E-state index contributed by atoms with van der Waals surface area (Å²) in [5.41, 5.74) is 0. The molecule has 100 valence electrons. The Morgan fingerprint density at radius 1 is 1.17 bits per heavy atom. The number of piperidine rings is 1. The third-order valence-electron chi connectivity index (χ3n) is 3.49. The molecule has 3 N–H and O–H groups in total. The van der Waals surface area contributed by atoms with Crippen LogP contribution >= 0.6 is 0 Å². The molecule has 0 spiro atoms. The first-order chi connectivity index (χ1) is 8.66. The summed E-state index contributed by atoms with van der Waals surface area (Å²) in [6, 6.07) is -0.419. The van der Waals surface area contributed by atoms with Gasteiger partial charge in [0.25, 0.3) is 0 Å². The van der Waals surface area contributed by atoms with Crippen LogP contribution in [0.3, 0.4) is 0 Å². The predicted octanol–water partition coefficient (Wildman–Crippen LogP) is -0.702. The first-order valence-electron chi connectivity index (χ1n) is 6.51. The van der Waals surface area contributed by atoms with Gasteiger partial charge in [-0.15, -0.1) is 0 Å². The quantitative estimate of drug-likeness (QED) is 0.608. The Kier molecular flexibility index (Phi) is 4.17. The second-order valence-corrected chi connectivity index (χ2v) is 4.89. The second-order valence-electron chi connectivity index (χ2n) is 4.89. The zero-order chi connectivity index (χ0) is 13.0. The van der Waals surface area contributed by atoms with Crippen LogP contribution in [0.2, 0.25) is 0 Å². The van der Waals surface area contributed by atoms with Crippen LogP contribution in [0, 0.1) is 5.92 Å². The molecule has 2 saturated heterocycles. The highest BCUT2D eigenvalue weighted by molar-refractivity contribution is 5.89. The summed E-state index contributed by atoms with van der Waals surface area (Å²) < 4.78 is 0. The van der Waals surface area contributed by atoms with Crippen molar-refractivity contribution in [3.8, 4) is 0 Å². The van der Waals surface area contributed by atoms with Gasteiger partial charge in [0.2, 0.25) is 17.7 Å². The molecule has 0 radical (unpaired) electrons. The SMILES string of the molecule is O=C1CCC(C(=O)NC2CCCCNC2=O)CN1. The molecule has 2 fully saturated rings.